The van der Waals surface area contributed by atoms with Crippen LogP contribution in [0.3, 0.4) is 0 Å². The Morgan fingerprint density at radius 2 is 1.71 bits per heavy atom. The number of ether oxygens (including phenoxy) is 1. The van der Waals surface area contributed by atoms with Crippen molar-refractivity contribution in [2.75, 3.05) is 48.4 Å². The number of hydrogen-bond acceptors (Lipinski definition) is 8. The molecule has 0 saturated carbocycles. The number of piperidine rings is 1. The Hall–Kier alpha value is -2.64. The van der Waals surface area contributed by atoms with Gasteiger partial charge in [0.05, 0.1) is 7.11 Å². The number of pyridine rings is 1. The zero-order chi connectivity index (χ0) is 19.2. The summed E-state index contributed by atoms with van der Waals surface area (Å²) in [5.41, 5.74) is 0. The van der Waals surface area contributed by atoms with Crippen LogP contribution in [0.5, 0.6) is 6.01 Å². The van der Waals surface area contributed by atoms with Gasteiger partial charge in [-0.3, -0.25) is 0 Å². The van der Waals surface area contributed by atoms with Gasteiger partial charge in [0.1, 0.15) is 5.82 Å². The first-order valence-electron chi connectivity index (χ1n) is 10.3. The summed E-state index contributed by atoms with van der Waals surface area (Å²) >= 11 is 0. The second-order valence-electron chi connectivity index (χ2n) is 7.44. The molecule has 8 nitrogen and oxygen atoms in total. The Balaban J connectivity index is 1.41. The normalized spacial score (nSPS) is 18.6. The van der Waals surface area contributed by atoms with E-state index in [-0.39, 0.29) is 0 Å². The first kappa shape index (κ1) is 18.7. The first-order chi connectivity index (χ1) is 13.8. The van der Waals surface area contributed by atoms with Gasteiger partial charge < -0.3 is 19.9 Å². The second-order valence-corrected chi connectivity index (χ2v) is 7.44. The molecular formula is C20H29N7O. The van der Waals surface area contributed by atoms with Gasteiger partial charge in [0.15, 0.2) is 0 Å². The van der Waals surface area contributed by atoms with Crippen molar-refractivity contribution in [1.82, 2.24) is 19.9 Å². The largest absolute Gasteiger partial charge is 0.467 e. The van der Waals surface area contributed by atoms with Gasteiger partial charge in [0.25, 0.3) is 0 Å². The number of hydrogen-bond donors (Lipinski definition) is 1. The minimum Gasteiger partial charge on any atom is -0.467 e. The van der Waals surface area contributed by atoms with Crippen molar-refractivity contribution in [3.63, 3.8) is 0 Å². The highest BCUT2D eigenvalue weighted by Gasteiger charge is 2.22. The summed E-state index contributed by atoms with van der Waals surface area (Å²) in [6, 6.07) is 6.77. The molecule has 0 unspecified atom stereocenters. The maximum atomic E-state index is 5.34. The van der Waals surface area contributed by atoms with Crippen LogP contribution in [0.1, 0.15) is 38.5 Å². The highest BCUT2D eigenvalue weighted by molar-refractivity contribution is 5.41. The van der Waals surface area contributed by atoms with Gasteiger partial charge in [0, 0.05) is 38.4 Å². The van der Waals surface area contributed by atoms with E-state index in [1.54, 1.807) is 7.11 Å². The topological polar surface area (TPSA) is 79.3 Å². The summed E-state index contributed by atoms with van der Waals surface area (Å²) in [4.78, 5) is 22.7. The van der Waals surface area contributed by atoms with Gasteiger partial charge in [-0.05, 0) is 37.8 Å². The van der Waals surface area contributed by atoms with E-state index in [4.69, 9.17) is 9.72 Å². The van der Waals surface area contributed by atoms with E-state index < -0.39 is 0 Å². The third-order valence-electron chi connectivity index (χ3n) is 5.48. The van der Waals surface area contributed by atoms with Crippen LogP contribution in [0.15, 0.2) is 24.4 Å². The SMILES string of the molecule is COc1nc(NC2CCN(c3ccccn3)CC2)nc(N2CCCCCC2)n1. The fourth-order valence-corrected chi connectivity index (χ4v) is 3.89. The maximum Gasteiger partial charge on any atom is 0.322 e. The van der Waals surface area contributed by atoms with E-state index in [1.165, 1.54) is 25.7 Å². The predicted octanol–water partition coefficient (Wildman–Crippen LogP) is 2.74. The van der Waals surface area contributed by atoms with Crippen molar-refractivity contribution in [2.24, 2.45) is 0 Å². The first-order valence-corrected chi connectivity index (χ1v) is 10.3. The third kappa shape index (κ3) is 4.61. The van der Waals surface area contributed by atoms with Gasteiger partial charge in [-0.25, -0.2) is 4.98 Å². The van der Waals surface area contributed by atoms with E-state index in [0.717, 1.165) is 50.8 Å². The van der Waals surface area contributed by atoms with Gasteiger partial charge in [-0.1, -0.05) is 18.9 Å². The summed E-state index contributed by atoms with van der Waals surface area (Å²) in [5, 5.41) is 3.51. The summed E-state index contributed by atoms with van der Waals surface area (Å²) in [6.45, 7) is 3.93. The number of rotatable bonds is 5. The van der Waals surface area contributed by atoms with Crippen LogP contribution in [0, 0.1) is 0 Å². The Bertz CT molecular complexity index is 741. The van der Waals surface area contributed by atoms with Crippen molar-refractivity contribution < 1.29 is 4.74 Å². The molecule has 0 aliphatic carbocycles. The number of nitrogens with one attached hydrogen (secondary N) is 1. The number of nitrogens with zero attached hydrogens (tertiary/aromatic N) is 6. The number of methoxy groups -OCH3 is 1. The minimum absolute atomic E-state index is 0.337. The van der Waals surface area contributed by atoms with E-state index in [2.05, 4.69) is 36.1 Å². The van der Waals surface area contributed by atoms with Crippen molar-refractivity contribution in [3.8, 4) is 6.01 Å². The standard InChI is InChI=1S/C20H29N7O/c1-28-20-24-18(23-19(25-20)27-12-6-2-3-7-13-27)22-16-9-14-26(15-10-16)17-8-4-5-11-21-17/h4-5,8,11,16H,2-3,6-7,9-10,12-15H2,1H3,(H,22,23,24,25). The van der Waals surface area contributed by atoms with Gasteiger partial charge in [0.2, 0.25) is 11.9 Å². The van der Waals surface area contributed by atoms with E-state index in [0.29, 0.717) is 18.0 Å². The Morgan fingerprint density at radius 3 is 2.39 bits per heavy atom. The zero-order valence-electron chi connectivity index (χ0n) is 16.5. The fourth-order valence-electron chi connectivity index (χ4n) is 3.89. The summed E-state index contributed by atoms with van der Waals surface area (Å²) in [7, 11) is 1.61. The zero-order valence-corrected chi connectivity index (χ0v) is 16.5. The predicted molar refractivity (Wildman–Crippen MR) is 110 cm³/mol. The molecule has 4 heterocycles. The molecule has 2 fully saturated rings. The molecule has 0 atom stereocenters. The van der Waals surface area contributed by atoms with Crippen LogP contribution < -0.4 is 19.9 Å². The lowest BCUT2D eigenvalue weighted by atomic mass is 10.1. The molecule has 2 aromatic rings. The highest BCUT2D eigenvalue weighted by Crippen LogP contribution is 2.22. The lowest BCUT2D eigenvalue weighted by Crippen LogP contribution is -2.40. The minimum atomic E-state index is 0.337. The fraction of sp³-hybridized carbons (Fsp3) is 0.600. The second kappa shape index (κ2) is 9.03. The molecule has 0 bridgehead atoms. The molecular weight excluding hydrogens is 354 g/mol. The molecule has 2 saturated heterocycles. The quantitative estimate of drug-likeness (QED) is 0.844. The highest BCUT2D eigenvalue weighted by atomic mass is 16.5. The molecule has 2 aliphatic rings. The van der Waals surface area contributed by atoms with E-state index in [9.17, 15) is 0 Å². The van der Waals surface area contributed by atoms with Crippen LogP contribution in [-0.4, -0.2) is 59.3 Å². The summed E-state index contributed by atoms with van der Waals surface area (Å²) in [6.07, 6.45) is 8.80. The van der Waals surface area contributed by atoms with Crippen molar-refractivity contribution >= 4 is 17.7 Å². The monoisotopic (exact) mass is 383 g/mol. The molecule has 1 N–H and O–H groups in total. The molecule has 0 spiro atoms. The van der Waals surface area contributed by atoms with Crippen molar-refractivity contribution in [3.05, 3.63) is 24.4 Å². The lowest BCUT2D eigenvalue weighted by Gasteiger charge is -2.33. The molecule has 4 rings (SSSR count). The molecule has 0 amide bonds. The Morgan fingerprint density at radius 1 is 0.929 bits per heavy atom. The van der Waals surface area contributed by atoms with Crippen LogP contribution in [0.2, 0.25) is 0 Å². The van der Waals surface area contributed by atoms with Gasteiger partial charge >= 0.3 is 6.01 Å². The molecule has 2 aliphatic heterocycles. The van der Waals surface area contributed by atoms with Crippen LogP contribution in [0.25, 0.3) is 0 Å². The molecule has 0 radical (unpaired) electrons. The van der Waals surface area contributed by atoms with Gasteiger partial charge in [-0.15, -0.1) is 0 Å². The number of aromatic nitrogens is 4. The van der Waals surface area contributed by atoms with Crippen molar-refractivity contribution in [1.29, 1.82) is 0 Å². The molecule has 8 heteroatoms. The van der Waals surface area contributed by atoms with E-state index in [1.807, 2.05) is 18.3 Å². The maximum absolute atomic E-state index is 5.34. The summed E-state index contributed by atoms with van der Waals surface area (Å²) in [5.74, 6) is 2.38. The van der Waals surface area contributed by atoms with Crippen molar-refractivity contribution in [2.45, 2.75) is 44.6 Å². The average Bonchev–Trinajstić information content (AvgIpc) is 3.04. The molecule has 28 heavy (non-hydrogen) atoms. The van der Waals surface area contributed by atoms with Gasteiger partial charge in [-0.2, -0.15) is 15.0 Å². The molecule has 2 aromatic heterocycles. The Labute approximate surface area is 166 Å². The summed E-state index contributed by atoms with van der Waals surface area (Å²) < 4.78 is 5.34. The number of anilines is 3. The smallest absolute Gasteiger partial charge is 0.322 e. The Kier molecular flexibility index (Phi) is 6.04. The molecule has 150 valence electrons. The van der Waals surface area contributed by atoms with E-state index >= 15 is 0 Å². The van der Waals surface area contributed by atoms with Crippen LogP contribution in [0.4, 0.5) is 17.7 Å². The van der Waals surface area contributed by atoms with Crippen LogP contribution >= 0.6 is 0 Å². The van der Waals surface area contributed by atoms with Crippen LogP contribution in [-0.2, 0) is 0 Å². The molecule has 0 aromatic carbocycles. The average molecular weight is 384 g/mol. The lowest BCUT2D eigenvalue weighted by molar-refractivity contribution is 0.378. The third-order valence-corrected chi connectivity index (χ3v) is 5.48.